The number of aryl methyl sites for hydroxylation is 1. The maximum atomic E-state index is 7.41. The van der Waals surface area contributed by atoms with E-state index in [2.05, 4.69) is 25.9 Å². The first-order valence-corrected chi connectivity index (χ1v) is 5.96. The van der Waals surface area contributed by atoms with E-state index < -0.39 is 0 Å². The number of nitrogens with one attached hydrogen (secondary N) is 1. The zero-order chi connectivity index (χ0) is 13.1. The molecule has 0 fully saturated rings. The molecule has 5 nitrogen and oxygen atoms in total. The van der Waals surface area contributed by atoms with Gasteiger partial charge in [0.25, 0.3) is 0 Å². The Balaban J connectivity index is 2.37. The van der Waals surface area contributed by atoms with Gasteiger partial charge in [-0.2, -0.15) is 0 Å². The molecule has 18 heavy (non-hydrogen) atoms. The second-order valence-corrected chi connectivity index (χ2v) is 4.51. The van der Waals surface area contributed by atoms with Crippen molar-refractivity contribution >= 4 is 21.8 Å². The minimum atomic E-state index is -0.179. The average molecular weight is 307 g/mol. The molecular weight excluding hydrogens is 296 g/mol. The highest BCUT2D eigenvalue weighted by Crippen LogP contribution is 2.30. The Morgan fingerprint density at radius 3 is 2.72 bits per heavy atom. The van der Waals surface area contributed by atoms with Gasteiger partial charge in [0.2, 0.25) is 5.88 Å². The van der Waals surface area contributed by atoms with Crippen LogP contribution in [0, 0.1) is 12.3 Å². The van der Waals surface area contributed by atoms with Gasteiger partial charge in [0, 0.05) is 12.4 Å². The monoisotopic (exact) mass is 306 g/mol. The number of amidine groups is 1. The number of ether oxygens (including phenoxy) is 1. The number of hydrogen-bond donors (Lipinski definition) is 2. The van der Waals surface area contributed by atoms with Crippen molar-refractivity contribution in [3.8, 4) is 11.6 Å². The van der Waals surface area contributed by atoms with Crippen molar-refractivity contribution in [1.82, 2.24) is 9.97 Å². The van der Waals surface area contributed by atoms with E-state index in [0.29, 0.717) is 5.75 Å². The molecule has 0 aliphatic heterocycles. The third-order valence-corrected chi connectivity index (χ3v) is 2.83. The van der Waals surface area contributed by atoms with Crippen molar-refractivity contribution in [1.29, 1.82) is 5.41 Å². The SMILES string of the molecule is Cc1ccc(Oc2nccnc2C(=N)N)c(Br)c1. The van der Waals surface area contributed by atoms with E-state index in [-0.39, 0.29) is 17.4 Å². The summed E-state index contributed by atoms with van der Waals surface area (Å²) in [5, 5.41) is 7.41. The van der Waals surface area contributed by atoms with Gasteiger partial charge in [-0.15, -0.1) is 0 Å². The zero-order valence-corrected chi connectivity index (χ0v) is 11.2. The van der Waals surface area contributed by atoms with Crippen molar-refractivity contribution in [2.45, 2.75) is 6.92 Å². The summed E-state index contributed by atoms with van der Waals surface area (Å²) < 4.78 is 6.42. The molecule has 0 saturated carbocycles. The van der Waals surface area contributed by atoms with E-state index in [1.54, 1.807) is 0 Å². The Morgan fingerprint density at radius 1 is 1.33 bits per heavy atom. The molecular formula is C12H11BrN4O. The smallest absolute Gasteiger partial charge is 0.249 e. The lowest BCUT2D eigenvalue weighted by molar-refractivity contribution is 0.456. The molecule has 0 saturated heterocycles. The van der Waals surface area contributed by atoms with Gasteiger partial charge in [-0.25, -0.2) is 9.97 Å². The van der Waals surface area contributed by atoms with Gasteiger partial charge in [-0.1, -0.05) is 6.07 Å². The van der Waals surface area contributed by atoms with Crippen LogP contribution in [-0.4, -0.2) is 15.8 Å². The van der Waals surface area contributed by atoms with Gasteiger partial charge in [0.15, 0.2) is 5.69 Å². The highest BCUT2D eigenvalue weighted by molar-refractivity contribution is 9.10. The van der Waals surface area contributed by atoms with Crippen LogP contribution in [0.1, 0.15) is 11.3 Å². The first-order chi connectivity index (χ1) is 8.58. The molecule has 0 aliphatic rings. The summed E-state index contributed by atoms with van der Waals surface area (Å²) in [5.41, 5.74) is 6.76. The molecule has 0 radical (unpaired) electrons. The number of halogens is 1. The molecule has 6 heteroatoms. The molecule has 1 heterocycles. The van der Waals surface area contributed by atoms with E-state index in [0.717, 1.165) is 10.0 Å². The van der Waals surface area contributed by atoms with Crippen molar-refractivity contribution in [2.75, 3.05) is 0 Å². The summed E-state index contributed by atoms with van der Waals surface area (Å²) in [6.07, 6.45) is 2.96. The molecule has 0 atom stereocenters. The highest BCUT2D eigenvalue weighted by atomic mass is 79.9. The van der Waals surface area contributed by atoms with E-state index in [1.165, 1.54) is 12.4 Å². The quantitative estimate of drug-likeness (QED) is 0.674. The Morgan fingerprint density at radius 2 is 2.06 bits per heavy atom. The molecule has 0 unspecified atom stereocenters. The standard InChI is InChI=1S/C12H11BrN4O/c1-7-2-3-9(8(13)6-7)18-12-10(11(14)15)16-4-5-17-12/h2-6H,1H3,(H3,14,15). The molecule has 0 spiro atoms. The van der Waals surface area contributed by atoms with Crippen LogP contribution >= 0.6 is 15.9 Å². The number of aromatic nitrogens is 2. The number of rotatable bonds is 3. The molecule has 0 amide bonds. The second-order valence-electron chi connectivity index (χ2n) is 3.66. The summed E-state index contributed by atoms with van der Waals surface area (Å²) in [7, 11) is 0. The van der Waals surface area contributed by atoms with Crippen molar-refractivity contribution in [2.24, 2.45) is 5.73 Å². The summed E-state index contributed by atoms with van der Waals surface area (Å²) in [5.74, 6) is 0.638. The number of benzene rings is 1. The van der Waals surface area contributed by atoms with Crippen LogP contribution in [-0.2, 0) is 0 Å². The van der Waals surface area contributed by atoms with Gasteiger partial charge < -0.3 is 10.5 Å². The predicted molar refractivity (Wildman–Crippen MR) is 72.0 cm³/mol. The van der Waals surface area contributed by atoms with Crippen LogP contribution in [0.4, 0.5) is 0 Å². The fraction of sp³-hybridized carbons (Fsp3) is 0.0833. The van der Waals surface area contributed by atoms with Crippen LogP contribution in [0.2, 0.25) is 0 Å². The number of nitrogens with zero attached hydrogens (tertiary/aromatic N) is 2. The molecule has 0 bridgehead atoms. The van der Waals surface area contributed by atoms with Crippen LogP contribution in [0.15, 0.2) is 35.1 Å². The Hall–Kier alpha value is -1.95. The lowest BCUT2D eigenvalue weighted by Crippen LogP contribution is -2.15. The molecule has 2 aromatic rings. The Bertz CT molecular complexity index is 600. The van der Waals surface area contributed by atoms with E-state index in [9.17, 15) is 0 Å². The number of hydrogen-bond acceptors (Lipinski definition) is 4. The third kappa shape index (κ3) is 2.65. The molecule has 1 aromatic carbocycles. The predicted octanol–water partition coefficient (Wildman–Crippen LogP) is 2.62. The fourth-order valence-corrected chi connectivity index (χ4v) is 1.95. The van der Waals surface area contributed by atoms with Crippen LogP contribution in [0.3, 0.4) is 0 Å². The topological polar surface area (TPSA) is 84.9 Å². The van der Waals surface area contributed by atoms with E-state index in [1.807, 2.05) is 25.1 Å². The molecule has 2 rings (SSSR count). The van der Waals surface area contributed by atoms with Crippen molar-refractivity contribution < 1.29 is 4.74 Å². The first kappa shape index (κ1) is 12.5. The summed E-state index contributed by atoms with van der Waals surface area (Å²) in [6.45, 7) is 1.98. The minimum absolute atomic E-state index is 0.179. The van der Waals surface area contributed by atoms with Crippen molar-refractivity contribution in [3.05, 3.63) is 46.3 Å². The zero-order valence-electron chi connectivity index (χ0n) is 9.64. The fourth-order valence-electron chi connectivity index (χ4n) is 1.38. The molecule has 92 valence electrons. The number of nitrogen functional groups attached to an aromatic ring is 1. The van der Waals surface area contributed by atoms with Gasteiger partial charge >= 0.3 is 0 Å². The Labute approximate surface area is 113 Å². The highest BCUT2D eigenvalue weighted by Gasteiger charge is 2.11. The summed E-state index contributed by atoms with van der Waals surface area (Å²) >= 11 is 3.41. The first-order valence-electron chi connectivity index (χ1n) is 5.17. The largest absolute Gasteiger partial charge is 0.436 e. The second kappa shape index (κ2) is 5.14. The maximum Gasteiger partial charge on any atom is 0.249 e. The average Bonchev–Trinajstić information content (AvgIpc) is 2.33. The van der Waals surface area contributed by atoms with Gasteiger partial charge in [-0.3, -0.25) is 5.41 Å². The van der Waals surface area contributed by atoms with E-state index >= 15 is 0 Å². The summed E-state index contributed by atoms with van der Waals surface area (Å²) in [6, 6.07) is 5.67. The number of nitrogens with two attached hydrogens (primary N) is 1. The van der Waals surface area contributed by atoms with Crippen molar-refractivity contribution in [3.63, 3.8) is 0 Å². The molecule has 0 aliphatic carbocycles. The normalized spacial score (nSPS) is 10.1. The molecule has 3 N–H and O–H groups in total. The third-order valence-electron chi connectivity index (χ3n) is 2.21. The van der Waals surface area contributed by atoms with Gasteiger partial charge in [-0.05, 0) is 40.5 Å². The minimum Gasteiger partial charge on any atom is -0.436 e. The van der Waals surface area contributed by atoms with Gasteiger partial charge in [0.05, 0.1) is 4.47 Å². The maximum absolute atomic E-state index is 7.41. The van der Waals surface area contributed by atoms with Crippen LogP contribution in [0.25, 0.3) is 0 Å². The lowest BCUT2D eigenvalue weighted by atomic mass is 10.2. The van der Waals surface area contributed by atoms with Crippen LogP contribution < -0.4 is 10.5 Å². The van der Waals surface area contributed by atoms with Gasteiger partial charge in [0.1, 0.15) is 11.6 Å². The lowest BCUT2D eigenvalue weighted by Gasteiger charge is -2.09. The molecule has 1 aromatic heterocycles. The van der Waals surface area contributed by atoms with E-state index in [4.69, 9.17) is 15.9 Å². The van der Waals surface area contributed by atoms with Crippen LogP contribution in [0.5, 0.6) is 11.6 Å². The Kier molecular flexibility index (Phi) is 3.57. The summed E-state index contributed by atoms with van der Waals surface area (Å²) in [4.78, 5) is 8.00.